The first-order valence-corrected chi connectivity index (χ1v) is 6.62. The SMILES string of the molecule is CCCC(Oc1ccc(OC)cc1C=O)C(=O)OCC. The standard InChI is InChI=1S/C15H20O5/c1-4-6-14(15(17)19-5-2)20-13-8-7-12(18-3)9-11(13)10-16/h7-10,14H,4-6H2,1-3H3. The van der Waals surface area contributed by atoms with Crippen molar-refractivity contribution in [2.75, 3.05) is 13.7 Å². The molecule has 0 aliphatic rings. The number of hydrogen-bond donors (Lipinski definition) is 0. The van der Waals surface area contributed by atoms with E-state index >= 15 is 0 Å². The molecule has 1 unspecified atom stereocenters. The van der Waals surface area contributed by atoms with Crippen LogP contribution in [0.2, 0.25) is 0 Å². The van der Waals surface area contributed by atoms with Crippen molar-refractivity contribution >= 4 is 12.3 Å². The van der Waals surface area contributed by atoms with E-state index in [0.29, 0.717) is 36.4 Å². The molecule has 0 aliphatic heterocycles. The van der Waals surface area contributed by atoms with Crippen LogP contribution in [0, 0.1) is 0 Å². The van der Waals surface area contributed by atoms with Crippen LogP contribution in [-0.2, 0) is 9.53 Å². The fourth-order valence-corrected chi connectivity index (χ4v) is 1.73. The van der Waals surface area contributed by atoms with Crippen LogP contribution in [0.3, 0.4) is 0 Å². The second kappa shape index (κ2) is 8.19. The molecular weight excluding hydrogens is 260 g/mol. The van der Waals surface area contributed by atoms with Crippen molar-refractivity contribution < 1.29 is 23.8 Å². The fourth-order valence-electron chi connectivity index (χ4n) is 1.73. The van der Waals surface area contributed by atoms with Crippen LogP contribution in [0.15, 0.2) is 18.2 Å². The third-order valence-corrected chi connectivity index (χ3v) is 2.71. The summed E-state index contributed by atoms with van der Waals surface area (Å²) in [6.45, 7) is 3.99. The van der Waals surface area contributed by atoms with E-state index < -0.39 is 12.1 Å². The van der Waals surface area contributed by atoms with Gasteiger partial charge in [0.05, 0.1) is 19.3 Å². The highest BCUT2D eigenvalue weighted by atomic mass is 16.6. The van der Waals surface area contributed by atoms with Crippen molar-refractivity contribution in [3.05, 3.63) is 23.8 Å². The van der Waals surface area contributed by atoms with E-state index in [1.54, 1.807) is 25.1 Å². The maximum atomic E-state index is 11.8. The molecule has 5 nitrogen and oxygen atoms in total. The number of ether oxygens (including phenoxy) is 3. The minimum absolute atomic E-state index is 0.297. The average Bonchev–Trinajstić information content (AvgIpc) is 2.47. The van der Waals surface area contributed by atoms with Gasteiger partial charge in [-0.05, 0) is 31.5 Å². The molecule has 0 saturated heterocycles. The highest BCUT2D eigenvalue weighted by Gasteiger charge is 2.22. The summed E-state index contributed by atoms with van der Waals surface area (Å²) in [6.07, 6.45) is 1.28. The molecule has 0 heterocycles. The van der Waals surface area contributed by atoms with E-state index in [1.807, 2.05) is 6.92 Å². The molecule has 1 rings (SSSR count). The van der Waals surface area contributed by atoms with E-state index in [1.165, 1.54) is 7.11 Å². The van der Waals surface area contributed by atoms with Gasteiger partial charge in [0, 0.05) is 0 Å². The maximum absolute atomic E-state index is 11.8. The molecule has 0 spiro atoms. The van der Waals surface area contributed by atoms with E-state index in [2.05, 4.69) is 0 Å². The smallest absolute Gasteiger partial charge is 0.347 e. The van der Waals surface area contributed by atoms with Gasteiger partial charge in [-0.2, -0.15) is 0 Å². The third kappa shape index (κ3) is 4.26. The van der Waals surface area contributed by atoms with Crippen molar-refractivity contribution in [1.29, 1.82) is 0 Å². The van der Waals surface area contributed by atoms with E-state index in [4.69, 9.17) is 14.2 Å². The zero-order valence-electron chi connectivity index (χ0n) is 12.0. The Morgan fingerprint density at radius 3 is 2.65 bits per heavy atom. The summed E-state index contributed by atoms with van der Waals surface area (Å²) in [5.41, 5.74) is 0.342. The lowest BCUT2D eigenvalue weighted by Crippen LogP contribution is -2.29. The molecule has 0 saturated carbocycles. The average molecular weight is 280 g/mol. The van der Waals surface area contributed by atoms with Gasteiger partial charge in [-0.3, -0.25) is 4.79 Å². The van der Waals surface area contributed by atoms with Gasteiger partial charge >= 0.3 is 5.97 Å². The summed E-state index contributed by atoms with van der Waals surface area (Å²) in [6, 6.07) is 4.86. The van der Waals surface area contributed by atoms with Crippen molar-refractivity contribution in [1.82, 2.24) is 0 Å². The minimum Gasteiger partial charge on any atom is -0.497 e. The number of esters is 1. The van der Waals surface area contributed by atoms with Gasteiger partial charge in [-0.1, -0.05) is 13.3 Å². The Bertz CT molecular complexity index is 456. The number of benzene rings is 1. The predicted octanol–water partition coefficient (Wildman–Crippen LogP) is 2.62. The molecule has 0 radical (unpaired) electrons. The fraction of sp³-hybridized carbons (Fsp3) is 0.467. The zero-order valence-corrected chi connectivity index (χ0v) is 12.0. The van der Waals surface area contributed by atoms with Gasteiger partial charge < -0.3 is 14.2 Å². The monoisotopic (exact) mass is 280 g/mol. The van der Waals surface area contributed by atoms with Crippen molar-refractivity contribution in [2.45, 2.75) is 32.8 Å². The van der Waals surface area contributed by atoms with Crippen LogP contribution in [-0.4, -0.2) is 32.1 Å². The summed E-state index contributed by atoms with van der Waals surface area (Å²) < 4.78 is 15.6. The number of carbonyl (C=O) groups excluding carboxylic acids is 2. The lowest BCUT2D eigenvalue weighted by molar-refractivity contribution is -0.151. The van der Waals surface area contributed by atoms with Crippen LogP contribution in [0.4, 0.5) is 0 Å². The summed E-state index contributed by atoms with van der Waals surface area (Å²) in [4.78, 5) is 22.9. The third-order valence-electron chi connectivity index (χ3n) is 2.71. The molecule has 110 valence electrons. The van der Waals surface area contributed by atoms with Crippen LogP contribution in [0.25, 0.3) is 0 Å². The zero-order chi connectivity index (χ0) is 15.0. The van der Waals surface area contributed by atoms with Gasteiger partial charge in [-0.15, -0.1) is 0 Å². The van der Waals surface area contributed by atoms with E-state index in [-0.39, 0.29) is 0 Å². The molecular formula is C15H20O5. The number of aldehydes is 1. The molecule has 0 fully saturated rings. The molecule has 0 bridgehead atoms. The molecule has 5 heteroatoms. The van der Waals surface area contributed by atoms with Gasteiger partial charge in [0.2, 0.25) is 0 Å². The summed E-state index contributed by atoms with van der Waals surface area (Å²) >= 11 is 0. The Morgan fingerprint density at radius 2 is 2.10 bits per heavy atom. The molecule has 20 heavy (non-hydrogen) atoms. The maximum Gasteiger partial charge on any atom is 0.347 e. The first-order chi connectivity index (χ1) is 9.65. The van der Waals surface area contributed by atoms with Crippen molar-refractivity contribution in [2.24, 2.45) is 0 Å². The summed E-state index contributed by atoms with van der Waals surface area (Å²) in [5.74, 6) is 0.497. The number of carbonyl (C=O) groups is 2. The molecule has 1 aromatic carbocycles. The Morgan fingerprint density at radius 1 is 1.35 bits per heavy atom. The van der Waals surface area contributed by atoms with Crippen molar-refractivity contribution in [3.63, 3.8) is 0 Å². The van der Waals surface area contributed by atoms with Crippen LogP contribution in [0.5, 0.6) is 11.5 Å². The topological polar surface area (TPSA) is 61.8 Å². The molecule has 0 aromatic heterocycles. The lowest BCUT2D eigenvalue weighted by Gasteiger charge is -2.18. The Balaban J connectivity index is 2.92. The molecule has 0 amide bonds. The second-order valence-corrected chi connectivity index (χ2v) is 4.17. The Labute approximate surface area is 118 Å². The number of hydrogen-bond acceptors (Lipinski definition) is 5. The van der Waals surface area contributed by atoms with Crippen molar-refractivity contribution in [3.8, 4) is 11.5 Å². The Kier molecular flexibility index (Phi) is 6.56. The van der Waals surface area contributed by atoms with E-state index in [0.717, 1.165) is 6.42 Å². The number of methoxy groups -OCH3 is 1. The highest BCUT2D eigenvalue weighted by Crippen LogP contribution is 2.24. The minimum atomic E-state index is -0.702. The Hall–Kier alpha value is -2.04. The summed E-state index contributed by atoms with van der Waals surface area (Å²) in [7, 11) is 1.52. The van der Waals surface area contributed by atoms with Gasteiger partial charge in [-0.25, -0.2) is 4.79 Å². The van der Waals surface area contributed by atoms with E-state index in [9.17, 15) is 9.59 Å². The van der Waals surface area contributed by atoms with Crippen LogP contribution < -0.4 is 9.47 Å². The molecule has 1 atom stereocenters. The molecule has 0 N–H and O–H groups in total. The summed E-state index contributed by atoms with van der Waals surface area (Å²) in [5, 5.41) is 0. The quantitative estimate of drug-likeness (QED) is 0.541. The molecule has 0 aliphatic carbocycles. The van der Waals surface area contributed by atoms with Gasteiger partial charge in [0.15, 0.2) is 12.4 Å². The molecule has 1 aromatic rings. The normalized spacial score (nSPS) is 11.6. The first-order valence-electron chi connectivity index (χ1n) is 6.62. The van der Waals surface area contributed by atoms with Crippen LogP contribution in [0.1, 0.15) is 37.0 Å². The van der Waals surface area contributed by atoms with Gasteiger partial charge in [0.1, 0.15) is 11.5 Å². The highest BCUT2D eigenvalue weighted by molar-refractivity contribution is 5.81. The lowest BCUT2D eigenvalue weighted by atomic mass is 10.2. The van der Waals surface area contributed by atoms with Crippen LogP contribution >= 0.6 is 0 Å². The first kappa shape index (κ1) is 16.0. The largest absolute Gasteiger partial charge is 0.497 e. The van der Waals surface area contributed by atoms with Gasteiger partial charge in [0.25, 0.3) is 0 Å². The predicted molar refractivity (Wildman–Crippen MR) is 74.3 cm³/mol. The second-order valence-electron chi connectivity index (χ2n) is 4.17. The number of rotatable bonds is 8.